The molecule has 1 aliphatic rings. The lowest BCUT2D eigenvalue weighted by molar-refractivity contribution is -0.122. The minimum atomic E-state index is -3.37. The second-order valence-corrected chi connectivity index (χ2v) is 12.1. The van der Waals surface area contributed by atoms with E-state index in [4.69, 9.17) is 14.8 Å². The largest absolute Gasteiger partial charge is 0.488 e. The second-order valence-electron chi connectivity index (χ2n) is 8.10. The summed E-state index contributed by atoms with van der Waals surface area (Å²) in [5.74, 6) is -0.992. The Morgan fingerprint density at radius 1 is 0.889 bits per heavy atom. The molecule has 0 saturated carbocycles. The number of sulfone groups is 2. The first-order valence-corrected chi connectivity index (χ1v) is 14.2. The number of nitrogens with one attached hydrogen (secondary N) is 1. The summed E-state index contributed by atoms with van der Waals surface area (Å²) < 4.78 is 64.9. The summed E-state index contributed by atoms with van der Waals surface area (Å²) in [5.41, 5.74) is 1.38. The predicted octanol–water partition coefficient (Wildman–Crippen LogP) is 1.39. The molecule has 1 amide bonds. The first-order chi connectivity index (χ1) is 16.7. The van der Waals surface area contributed by atoms with Gasteiger partial charge in [0.05, 0.1) is 15.5 Å². The molecular weight excluding hydrogens is 512 g/mol. The average molecular weight is 535 g/mol. The number of benzene rings is 3. The topological polar surface area (TPSA) is 147 Å². The summed E-state index contributed by atoms with van der Waals surface area (Å²) >= 11 is 0. The van der Waals surface area contributed by atoms with Gasteiger partial charge in [0.2, 0.25) is 0 Å². The molecule has 1 atom stereocenters. The maximum Gasteiger partial charge on any atom is 0.488 e. The average Bonchev–Trinajstić information content (AvgIpc) is 2.80. The van der Waals surface area contributed by atoms with Crippen molar-refractivity contribution in [3.05, 3.63) is 66.5 Å². The first kappa shape index (κ1) is 27.3. The standard InChI is InChI=1S/C16H14FNO4S.C7H9BO4S/c1-9-16(19)18-14-8-11(7-13(17)15(14)22-9)10-4-3-5-12(6-10)23(2,20)21;1-13(11,12)7-4-2-3-6(5-7)8(9)10/h3-9H,1-2H3,(H,18,19);2-5,9-10H,1H3/t9-;/m1./s1. The number of halogens is 1. The quantitative estimate of drug-likeness (QED) is 0.425. The third kappa shape index (κ3) is 6.49. The molecule has 190 valence electrons. The van der Waals surface area contributed by atoms with Gasteiger partial charge in [-0.15, -0.1) is 0 Å². The van der Waals surface area contributed by atoms with Crippen molar-refractivity contribution in [2.45, 2.75) is 22.8 Å². The Hall–Kier alpha value is -3.26. The van der Waals surface area contributed by atoms with Crippen molar-refractivity contribution in [2.24, 2.45) is 0 Å². The van der Waals surface area contributed by atoms with E-state index in [-0.39, 0.29) is 32.6 Å². The van der Waals surface area contributed by atoms with E-state index >= 15 is 0 Å². The molecule has 4 rings (SSSR count). The van der Waals surface area contributed by atoms with E-state index in [9.17, 15) is 26.0 Å². The number of hydrogen-bond acceptors (Lipinski definition) is 8. The highest BCUT2D eigenvalue weighted by Crippen LogP contribution is 2.37. The van der Waals surface area contributed by atoms with Gasteiger partial charge in [0.1, 0.15) is 0 Å². The van der Waals surface area contributed by atoms with Crippen molar-refractivity contribution in [2.75, 3.05) is 17.8 Å². The minimum absolute atomic E-state index is 0.0138. The maximum absolute atomic E-state index is 14.3. The zero-order chi connectivity index (χ0) is 26.8. The van der Waals surface area contributed by atoms with E-state index in [0.717, 1.165) is 12.5 Å². The fourth-order valence-electron chi connectivity index (χ4n) is 3.25. The zero-order valence-electron chi connectivity index (χ0n) is 19.5. The van der Waals surface area contributed by atoms with Crippen molar-refractivity contribution < 1.29 is 40.8 Å². The Morgan fingerprint density at radius 3 is 2.06 bits per heavy atom. The van der Waals surface area contributed by atoms with Crippen molar-refractivity contribution in [1.82, 2.24) is 0 Å². The molecular formula is C23H23BFNO8S2. The number of anilines is 1. The van der Waals surface area contributed by atoms with Gasteiger partial charge >= 0.3 is 7.12 Å². The fraction of sp³-hybridized carbons (Fsp3) is 0.174. The Balaban J connectivity index is 0.000000236. The molecule has 0 radical (unpaired) electrons. The summed E-state index contributed by atoms with van der Waals surface area (Å²) in [6, 6.07) is 14.6. The number of amides is 1. The molecule has 3 aromatic rings. The molecule has 0 bridgehead atoms. The van der Waals surface area contributed by atoms with Crippen LogP contribution < -0.4 is 15.5 Å². The fourth-order valence-corrected chi connectivity index (χ4v) is 4.59. The lowest BCUT2D eigenvalue weighted by Gasteiger charge is -2.24. The summed E-state index contributed by atoms with van der Waals surface area (Å²) in [6.07, 6.45) is 1.40. The Morgan fingerprint density at radius 2 is 1.47 bits per heavy atom. The van der Waals surface area contributed by atoms with Crippen LogP contribution >= 0.6 is 0 Å². The lowest BCUT2D eigenvalue weighted by atomic mass is 9.80. The minimum Gasteiger partial charge on any atom is -0.476 e. The van der Waals surface area contributed by atoms with Gasteiger partial charge < -0.3 is 20.1 Å². The number of ether oxygens (including phenoxy) is 1. The van der Waals surface area contributed by atoms with E-state index in [2.05, 4.69) is 5.32 Å². The number of fused-ring (bicyclic) bond motifs is 1. The van der Waals surface area contributed by atoms with Crippen LogP contribution in [-0.2, 0) is 24.5 Å². The van der Waals surface area contributed by atoms with E-state index in [1.165, 1.54) is 49.4 Å². The highest BCUT2D eigenvalue weighted by atomic mass is 32.2. The highest BCUT2D eigenvalue weighted by molar-refractivity contribution is 7.91. The van der Waals surface area contributed by atoms with Crippen molar-refractivity contribution in [3.63, 3.8) is 0 Å². The third-order valence-electron chi connectivity index (χ3n) is 5.15. The number of rotatable bonds is 4. The first-order valence-electron chi connectivity index (χ1n) is 10.4. The molecule has 3 N–H and O–H groups in total. The van der Waals surface area contributed by atoms with Crippen LogP contribution in [0.1, 0.15) is 6.92 Å². The van der Waals surface area contributed by atoms with Gasteiger partial charge in [-0.2, -0.15) is 0 Å². The van der Waals surface area contributed by atoms with E-state index < -0.39 is 38.7 Å². The molecule has 36 heavy (non-hydrogen) atoms. The summed E-state index contributed by atoms with van der Waals surface area (Å²) in [7, 11) is -8.28. The number of carbonyl (C=O) groups is 1. The van der Waals surface area contributed by atoms with Gasteiger partial charge in [0.15, 0.2) is 37.3 Å². The smallest absolute Gasteiger partial charge is 0.476 e. The summed E-state index contributed by atoms with van der Waals surface area (Å²) in [6.45, 7) is 1.53. The number of hydrogen-bond donors (Lipinski definition) is 3. The highest BCUT2D eigenvalue weighted by Gasteiger charge is 2.27. The predicted molar refractivity (Wildman–Crippen MR) is 133 cm³/mol. The molecule has 0 saturated heterocycles. The Kier molecular flexibility index (Phi) is 7.89. The third-order valence-corrected chi connectivity index (χ3v) is 7.37. The van der Waals surface area contributed by atoms with E-state index in [1.54, 1.807) is 18.2 Å². The van der Waals surface area contributed by atoms with Crippen LogP contribution in [0.2, 0.25) is 0 Å². The van der Waals surface area contributed by atoms with Gasteiger partial charge in [-0.1, -0.05) is 24.3 Å². The van der Waals surface area contributed by atoms with Gasteiger partial charge in [0.25, 0.3) is 5.91 Å². The Labute approximate surface area is 208 Å². The van der Waals surface area contributed by atoms with Crippen LogP contribution in [0.25, 0.3) is 11.1 Å². The van der Waals surface area contributed by atoms with Crippen molar-refractivity contribution in [3.8, 4) is 16.9 Å². The van der Waals surface area contributed by atoms with Gasteiger partial charge in [-0.25, -0.2) is 21.2 Å². The maximum atomic E-state index is 14.3. The van der Waals surface area contributed by atoms with Crippen LogP contribution in [0.5, 0.6) is 5.75 Å². The molecule has 0 fully saturated rings. The molecule has 13 heteroatoms. The van der Waals surface area contributed by atoms with Crippen LogP contribution in [-0.4, -0.2) is 58.5 Å². The molecule has 0 spiro atoms. The summed E-state index contributed by atoms with van der Waals surface area (Å²) in [5, 5.41) is 20.1. The SMILES string of the molecule is CS(=O)(=O)c1cccc(B(O)O)c1.C[C@H]1Oc2c(F)cc(-c3cccc(S(C)(=O)=O)c3)cc2NC1=O. The molecule has 1 heterocycles. The van der Waals surface area contributed by atoms with Crippen molar-refractivity contribution in [1.29, 1.82) is 0 Å². The summed E-state index contributed by atoms with van der Waals surface area (Å²) in [4.78, 5) is 11.9. The molecule has 0 aliphatic carbocycles. The molecule has 9 nitrogen and oxygen atoms in total. The molecule has 0 unspecified atom stereocenters. The second kappa shape index (κ2) is 10.4. The van der Waals surface area contributed by atoms with Crippen LogP contribution in [0.3, 0.4) is 0 Å². The van der Waals surface area contributed by atoms with E-state index in [0.29, 0.717) is 11.1 Å². The normalized spacial score (nSPS) is 15.1. The van der Waals surface area contributed by atoms with Crippen LogP contribution in [0.15, 0.2) is 70.5 Å². The van der Waals surface area contributed by atoms with Crippen LogP contribution in [0.4, 0.5) is 10.1 Å². The van der Waals surface area contributed by atoms with E-state index in [1.807, 2.05) is 0 Å². The van der Waals surface area contributed by atoms with Crippen LogP contribution in [0, 0.1) is 5.82 Å². The van der Waals surface area contributed by atoms with Gasteiger partial charge in [0, 0.05) is 12.5 Å². The monoisotopic (exact) mass is 535 g/mol. The molecule has 1 aliphatic heterocycles. The van der Waals surface area contributed by atoms with Gasteiger partial charge in [-0.05, 0) is 59.9 Å². The Bertz CT molecular complexity index is 1520. The zero-order valence-corrected chi connectivity index (χ0v) is 21.1. The molecule has 3 aromatic carbocycles. The van der Waals surface area contributed by atoms with Crippen molar-refractivity contribution >= 4 is 43.9 Å². The lowest BCUT2D eigenvalue weighted by Crippen LogP contribution is -2.34. The molecule has 0 aromatic heterocycles. The van der Waals surface area contributed by atoms with Gasteiger partial charge in [-0.3, -0.25) is 4.79 Å². The number of carbonyl (C=O) groups excluding carboxylic acids is 1.